The number of carbonyl (C=O) groups is 2. The molecule has 3 aromatic rings. The number of rotatable bonds is 6. The third-order valence-electron chi connectivity index (χ3n) is 5.20. The minimum absolute atomic E-state index is 0.107. The summed E-state index contributed by atoms with van der Waals surface area (Å²) in [5.41, 5.74) is 7.18. The smallest absolute Gasteiger partial charge is 0.253 e. The van der Waals surface area contributed by atoms with Gasteiger partial charge in [-0.25, -0.2) is 0 Å². The summed E-state index contributed by atoms with van der Waals surface area (Å²) in [6, 6.07) is 19.1. The first kappa shape index (κ1) is 21.1. The van der Waals surface area contributed by atoms with Gasteiger partial charge in [-0.2, -0.15) is 0 Å². The minimum Gasteiger partial charge on any atom is -0.355 e. The summed E-state index contributed by atoms with van der Waals surface area (Å²) in [4.78, 5) is 25.1. The van der Waals surface area contributed by atoms with Crippen molar-refractivity contribution in [2.75, 3.05) is 17.2 Å². The van der Waals surface area contributed by atoms with Crippen molar-refractivity contribution in [3.63, 3.8) is 0 Å². The van der Waals surface area contributed by atoms with Crippen LogP contribution in [0.25, 0.3) is 0 Å². The molecule has 3 aromatic carbocycles. The zero-order chi connectivity index (χ0) is 21.7. The van der Waals surface area contributed by atoms with E-state index in [1.54, 1.807) is 12.1 Å². The van der Waals surface area contributed by atoms with Gasteiger partial charge in [0.1, 0.15) is 0 Å². The number of hydrogen-bond acceptors (Lipinski definition) is 3. The van der Waals surface area contributed by atoms with Crippen LogP contribution in [0, 0.1) is 27.7 Å². The zero-order valence-corrected chi connectivity index (χ0v) is 17.8. The van der Waals surface area contributed by atoms with E-state index in [0.717, 1.165) is 28.1 Å². The van der Waals surface area contributed by atoms with Crippen molar-refractivity contribution in [2.24, 2.45) is 0 Å². The van der Waals surface area contributed by atoms with Crippen LogP contribution in [0.15, 0.2) is 60.7 Å². The largest absolute Gasteiger partial charge is 0.355 e. The van der Waals surface area contributed by atoms with Crippen LogP contribution in [0.1, 0.15) is 32.6 Å². The van der Waals surface area contributed by atoms with Gasteiger partial charge in [0.25, 0.3) is 5.91 Å². The van der Waals surface area contributed by atoms with E-state index in [9.17, 15) is 9.59 Å². The highest BCUT2D eigenvalue weighted by molar-refractivity contribution is 6.03. The molecule has 30 heavy (non-hydrogen) atoms. The van der Waals surface area contributed by atoms with Crippen LogP contribution < -0.4 is 16.0 Å². The highest BCUT2D eigenvalue weighted by Gasteiger charge is 2.14. The molecule has 3 N–H and O–H groups in total. The topological polar surface area (TPSA) is 70.2 Å². The molecule has 0 unspecified atom stereocenters. The van der Waals surface area contributed by atoms with Gasteiger partial charge in [0.05, 0.1) is 17.8 Å². The summed E-state index contributed by atoms with van der Waals surface area (Å²) in [6.45, 7) is 7.86. The fraction of sp³-hybridized carbons (Fsp3) is 0.200. The average Bonchev–Trinajstić information content (AvgIpc) is 2.73. The monoisotopic (exact) mass is 401 g/mol. The summed E-state index contributed by atoms with van der Waals surface area (Å²) < 4.78 is 0. The number of para-hydroxylation sites is 2. The molecule has 0 heterocycles. The predicted molar refractivity (Wildman–Crippen MR) is 123 cm³/mol. The molecule has 0 spiro atoms. The first-order chi connectivity index (χ1) is 14.4. The molecule has 0 aliphatic carbocycles. The third-order valence-corrected chi connectivity index (χ3v) is 5.20. The molecule has 0 atom stereocenters. The van der Waals surface area contributed by atoms with E-state index >= 15 is 0 Å². The van der Waals surface area contributed by atoms with Gasteiger partial charge < -0.3 is 16.0 Å². The molecule has 154 valence electrons. The zero-order valence-electron chi connectivity index (χ0n) is 17.8. The second kappa shape index (κ2) is 9.27. The molecule has 0 aliphatic rings. The van der Waals surface area contributed by atoms with Gasteiger partial charge in [0.2, 0.25) is 5.91 Å². The first-order valence-corrected chi connectivity index (χ1v) is 9.93. The molecular weight excluding hydrogens is 374 g/mol. The van der Waals surface area contributed by atoms with Crippen LogP contribution >= 0.6 is 0 Å². The van der Waals surface area contributed by atoms with Crippen molar-refractivity contribution in [1.82, 2.24) is 5.32 Å². The van der Waals surface area contributed by atoms with Crippen LogP contribution in [0.5, 0.6) is 0 Å². The Labute approximate surface area is 177 Å². The third kappa shape index (κ3) is 4.87. The lowest BCUT2D eigenvalue weighted by Crippen LogP contribution is -2.33. The van der Waals surface area contributed by atoms with Crippen LogP contribution in [0.4, 0.5) is 17.1 Å². The van der Waals surface area contributed by atoms with Crippen molar-refractivity contribution >= 4 is 28.9 Å². The van der Waals surface area contributed by atoms with Crippen LogP contribution in [0.3, 0.4) is 0 Å². The number of carbonyl (C=O) groups excluding carboxylic acids is 2. The van der Waals surface area contributed by atoms with Gasteiger partial charge in [-0.3, -0.25) is 9.59 Å². The van der Waals surface area contributed by atoms with Crippen molar-refractivity contribution < 1.29 is 9.59 Å². The number of amides is 2. The highest BCUT2D eigenvalue weighted by Crippen LogP contribution is 2.25. The summed E-state index contributed by atoms with van der Waals surface area (Å²) in [5.74, 6) is -0.569. The molecule has 0 aliphatic heterocycles. The lowest BCUT2D eigenvalue weighted by molar-refractivity contribution is -0.115. The summed E-state index contributed by atoms with van der Waals surface area (Å²) in [7, 11) is 0. The highest BCUT2D eigenvalue weighted by atomic mass is 16.2. The Morgan fingerprint density at radius 1 is 0.733 bits per heavy atom. The van der Waals surface area contributed by atoms with E-state index in [0.29, 0.717) is 11.3 Å². The Balaban J connectivity index is 1.69. The molecule has 2 amide bonds. The Bertz CT molecular complexity index is 1070. The molecule has 0 fully saturated rings. The van der Waals surface area contributed by atoms with E-state index in [2.05, 4.69) is 16.0 Å². The van der Waals surface area contributed by atoms with Gasteiger partial charge in [0, 0.05) is 11.4 Å². The molecule has 0 aromatic heterocycles. The number of aryl methyl sites for hydroxylation is 3. The van der Waals surface area contributed by atoms with Gasteiger partial charge in [0.15, 0.2) is 0 Å². The van der Waals surface area contributed by atoms with Crippen molar-refractivity contribution in [2.45, 2.75) is 27.7 Å². The van der Waals surface area contributed by atoms with E-state index in [-0.39, 0.29) is 18.4 Å². The van der Waals surface area contributed by atoms with Crippen molar-refractivity contribution in [3.8, 4) is 0 Å². The summed E-state index contributed by atoms with van der Waals surface area (Å²) in [6.07, 6.45) is 0. The Morgan fingerprint density at radius 2 is 1.33 bits per heavy atom. The van der Waals surface area contributed by atoms with Crippen LogP contribution in [-0.2, 0) is 4.79 Å². The van der Waals surface area contributed by atoms with E-state index in [4.69, 9.17) is 0 Å². The maximum absolute atomic E-state index is 12.8. The number of anilines is 3. The van der Waals surface area contributed by atoms with E-state index in [1.807, 2.05) is 76.2 Å². The summed E-state index contributed by atoms with van der Waals surface area (Å²) >= 11 is 0. The maximum atomic E-state index is 12.8. The van der Waals surface area contributed by atoms with Crippen molar-refractivity contribution in [3.05, 3.63) is 88.5 Å². The fourth-order valence-electron chi connectivity index (χ4n) is 3.27. The molecule has 0 saturated heterocycles. The first-order valence-electron chi connectivity index (χ1n) is 9.93. The molecular formula is C25H27N3O2. The van der Waals surface area contributed by atoms with Crippen molar-refractivity contribution in [1.29, 1.82) is 0 Å². The quantitative estimate of drug-likeness (QED) is 0.542. The average molecular weight is 402 g/mol. The molecule has 0 bridgehead atoms. The number of benzene rings is 3. The Morgan fingerprint density at radius 3 is 2.07 bits per heavy atom. The van der Waals surface area contributed by atoms with Crippen LogP contribution in [0.2, 0.25) is 0 Å². The summed E-state index contributed by atoms with van der Waals surface area (Å²) in [5, 5.41) is 8.95. The van der Waals surface area contributed by atoms with Gasteiger partial charge in [-0.05, 0) is 68.1 Å². The second-order valence-electron chi connectivity index (χ2n) is 7.42. The molecule has 5 nitrogen and oxygen atoms in total. The Hall–Kier alpha value is -3.60. The predicted octanol–water partition coefficient (Wildman–Crippen LogP) is 5.03. The standard InChI is InChI=1S/C25H27N3O2/c1-16-9-8-14-21(19(16)4)27-22-13-6-5-12-20(22)25(30)26-15-23(29)28-24-17(2)10-7-11-18(24)3/h5-14,27H,15H2,1-4H3,(H,26,30)(H,28,29). The van der Waals surface area contributed by atoms with Gasteiger partial charge in [-0.1, -0.05) is 42.5 Å². The lowest BCUT2D eigenvalue weighted by atomic mass is 10.1. The number of hydrogen-bond donors (Lipinski definition) is 3. The van der Waals surface area contributed by atoms with Gasteiger partial charge in [-0.15, -0.1) is 0 Å². The number of nitrogens with one attached hydrogen (secondary N) is 3. The van der Waals surface area contributed by atoms with E-state index in [1.165, 1.54) is 5.56 Å². The van der Waals surface area contributed by atoms with Gasteiger partial charge >= 0.3 is 0 Å². The fourth-order valence-corrected chi connectivity index (χ4v) is 3.27. The van der Waals surface area contributed by atoms with E-state index < -0.39 is 0 Å². The lowest BCUT2D eigenvalue weighted by Gasteiger charge is -2.15. The molecule has 5 heteroatoms. The SMILES string of the molecule is Cc1cccc(Nc2ccccc2C(=O)NCC(=O)Nc2c(C)cccc2C)c1C. The van der Waals surface area contributed by atoms with Crippen LogP contribution in [-0.4, -0.2) is 18.4 Å². The minimum atomic E-state index is -0.305. The maximum Gasteiger partial charge on any atom is 0.253 e. The Kier molecular flexibility index (Phi) is 6.52. The molecule has 3 rings (SSSR count). The second-order valence-corrected chi connectivity index (χ2v) is 7.42. The molecule has 0 saturated carbocycles. The molecule has 0 radical (unpaired) electrons. The normalized spacial score (nSPS) is 10.4.